The van der Waals surface area contributed by atoms with Gasteiger partial charge in [0.2, 0.25) is 5.91 Å². The van der Waals surface area contributed by atoms with Gasteiger partial charge in [0.15, 0.2) is 0 Å². The Balaban J connectivity index is 2.16. The lowest BCUT2D eigenvalue weighted by molar-refractivity contribution is -0.113. The van der Waals surface area contributed by atoms with Crippen molar-refractivity contribution in [3.8, 4) is 0 Å². The van der Waals surface area contributed by atoms with Gasteiger partial charge in [0.1, 0.15) is 5.88 Å². The zero-order chi connectivity index (χ0) is 13.7. The number of benzene rings is 1. The maximum absolute atomic E-state index is 11.9. The molecule has 19 heavy (non-hydrogen) atoms. The van der Waals surface area contributed by atoms with Crippen molar-refractivity contribution in [1.82, 2.24) is 0 Å². The first-order valence-corrected chi connectivity index (χ1v) is 6.92. The third-order valence-electron chi connectivity index (χ3n) is 2.32. The van der Waals surface area contributed by atoms with E-state index in [0.29, 0.717) is 16.3 Å². The number of thiophene rings is 1. The van der Waals surface area contributed by atoms with E-state index in [9.17, 15) is 9.59 Å². The molecule has 2 aromatic rings. The molecule has 0 fully saturated rings. The van der Waals surface area contributed by atoms with Gasteiger partial charge in [-0.25, -0.2) is 0 Å². The molecule has 0 unspecified atom stereocenters. The highest BCUT2D eigenvalue weighted by molar-refractivity contribution is 7.12. The second-order valence-corrected chi connectivity index (χ2v) is 4.87. The molecule has 0 saturated heterocycles. The number of amides is 2. The Kier molecular flexibility index (Phi) is 4.54. The van der Waals surface area contributed by atoms with Gasteiger partial charge in [0, 0.05) is 0 Å². The van der Waals surface area contributed by atoms with Gasteiger partial charge < -0.3 is 10.6 Å². The summed E-state index contributed by atoms with van der Waals surface area (Å²) in [7, 11) is 0. The molecule has 0 aliphatic rings. The number of rotatable bonds is 4. The van der Waals surface area contributed by atoms with Crippen molar-refractivity contribution in [1.29, 1.82) is 0 Å². The smallest absolute Gasteiger partial charge is 0.265 e. The van der Waals surface area contributed by atoms with E-state index in [1.165, 1.54) is 11.3 Å². The van der Waals surface area contributed by atoms with Crippen molar-refractivity contribution in [2.75, 3.05) is 16.5 Å². The summed E-state index contributed by atoms with van der Waals surface area (Å²) in [6, 6.07) is 10.5. The normalized spacial score (nSPS) is 9.95. The van der Waals surface area contributed by atoms with Crippen molar-refractivity contribution in [3.05, 3.63) is 46.7 Å². The Bertz CT molecular complexity index is 584. The summed E-state index contributed by atoms with van der Waals surface area (Å²) in [5.41, 5.74) is 1.07. The number of hydrogen-bond donors (Lipinski definition) is 2. The van der Waals surface area contributed by atoms with Crippen molar-refractivity contribution < 1.29 is 9.59 Å². The third-order valence-corrected chi connectivity index (χ3v) is 3.43. The second-order valence-electron chi connectivity index (χ2n) is 3.66. The van der Waals surface area contributed by atoms with Crippen LogP contribution in [0.2, 0.25) is 0 Å². The first-order chi connectivity index (χ1) is 9.20. The van der Waals surface area contributed by atoms with E-state index in [1.54, 1.807) is 36.4 Å². The summed E-state index contributed by atoms with van der Waals surface area (Å²) in [5.74, 6) is -0.658. The maximum Gasteiger partial charge on any atom is 0.265 e. The van der Waals surface area contributed by atoms with Gasteiger partial charge in [-0.05, 0) is 23.6 Å². The zero-order valence-electron chi connectivity index (χ0n) is 9.85. The van der Waals surface area contributed by atoms with Gasteiger partial charge in [0.25, 0.3) is 5.91 Å². The molecule has 98 valence electrons. The quantitative estimate of drug-likeness (QED) is 0.851. The first-order valence-electron chi connectivity index (χ1n) is 5.50. The van der Waals surface area contributed by atoms with Crippen LogP contribution in [0.1, 0.15) is 9.67 Å². The number of para-hydroxylation sites is 2. The van der Waals surface area contributed by atoms with Crippen LogP contribution in [-0.2, 0) is 4.79 Å². The Labute approximate surface area is 119 Å². The summed E-state index contributed by atoms with van der Waals surface area (Å²) >= 11 is 6.80. The second kappa shape index (κ2) is 6.36. The fourth-order valence-corrected chi connectivity index (χ4v) is 2.16. The number of hydrogen-bond acceptors (Lipinski definition) is 3. The van der Waals surface area contributed by atoms with E-state index in [4.69, 9.17) is 11.6 Å². The molecule has 0 bridgehead atoms. The monoisotopic (exact) mass is 294 g/mol. The third kappa shape index (κ3) is 3.56. The number of nitrogens with one attached hydrogen (secondary N) is 2. The molecule has 0 radical (unpaired) electrons. The average Bonchev–Trinajstić information content (AvgIpc) is 2.95. The van der Waals surface area contributed by atoms with E-state index in [2.05, 4.69) is 10.6 Å². The zero-order valence-corrected chi connectivity index (χ0v) is 11.4. The summed E-state index contributed by atoms with van der Waals surface area (Å²) in [4.78, 5) is 23.8. The Morgan fingerprint density at radius 2 is 1.74 bits per heavy atom. The summed E-state index contributed by atoms with van der Waals surface area (Å²) in [6.45, 7) is 0. The summed E-state index contributed by atoms with van der Waals surface area (Å²) in [6.07, 6.45) is 0. The van der Waals surface area contributed by atoms with Crippen LogP contribution in [-0.4, -0.2) is 17.7 Å². The van der Waals surface area contributed by atoms with E-state index in [-0.39, 0.29) is 17.7 Å². The summed E-state index contributed by atoms with van der Waals surface area (Å²) in [5, 5.41) is 7.21. The SMILES string of the molecule is O=C(CCl)Nc1ccccc1NC(=O)c1cccs1. The molecular formula is C13H11ClN2O2S. The van der Waals surface area contributed by atoms with Crippen LogP contribution >= 0.6 is 22.9 Å². The molecule has 0 aliphatic heterocycles. The topological polar surface area (TPSA) is 58.2 Å². The van der Waals surface area contributed by atoms with E-state index >= 15 is 0 Å². The van der Waals surface area contributed by atoms with Crippen molar-refractivity contribution in [2.45, 2.75) is 0 Å². The first kappa shape index (κ1) is 13.6. The van der Waals surface area contributed by atoms with Crippen LogP contribution in [0.3, 0.4) is 0 Å². The van der Waals surface area contributed by atoms with Crippen molar-refractivity contribution in [3.63, 3.8) is 0 Å². The summed E-state index contributed by atoms with van der Waals surface area (Å²) < 4.78 is 0. The van der Waals surface area contributed by atoms with Crippen molar-refractivity contribution >= 4 is 46.1 Å². The highest BCUT2D eigenvalue weighted by Crippen LogP contribution is 2.22. The molecule has 6 heteroatoms. The van der Waals surface area contributed by atoms with Crippen LogP contribution in [0.4, 0.5) is 11.4 Å². The van der Waals surface area contributed by atoms with Crippen LogP contribution in [0.5, 0.6) is 0 Å². The molecule has 1 heterocycles. The van der Waals surface area contributed by atoms with Crippen molar-refractivity contribution in [2.24, 2.45) is 0 Å². The molecule has 0 aliphatic carbocycles. The molecular weight excluding hydrogens is 284 g/mol. The average molecular weight is 295 g/mol. The van der Waals surface area contributed by atoms with Crippen LogP contribution in [0.25, 0.3) is 0 Å². The Morgan fingerprint density at radius 3 is 2.32 bits per heavy atom. The molecule has 2 amide bonds. The van der Waals surface area contributed by atoms with Gasteiger partial charge in [-0.15, -0.1) is 22.9 Å². The van der Waals surface area contributed by atoms with Gasteiger partial charge in [-0.2, -0.15) is 0 Å². The lowest BCUT2D eigenvalue weighted by Crippen LogP contribution is -2.16. The number of carbonyl (C=O) groups excluding carboxylic acids is 2. The van der Waals surface area contributed by atoms with Crippen LogP contribution < -0.4 is 10.6 Å². The number of carbonyl (C=O) groups is 2. The van der Waals surface area contributed by atoms with Gasteiger partial charge in [-0.1, -0.05) is 18.2 Å². The molecule has 1 aromatic heterocycles. The number of alkyl halides is 1. The standard InChI is InChI=1S/C13H11ClN2O2S/c14-8-12(17)15-9-4-1-2-5-10(9)16-13(18)11-6-3-7-19-11/h1-7H,8H2,(H,15,17)(H,16,18). The minimum Gasteiger partial charge on any atom is -0.323 e. The largest absolute Gasteiger partial charge is 0.323 e. The molecule has 2 N–H and O–H groups in total. The molecule has 4 nitrogen and oxygen atoms in total. The van der Waals surface area contributed by atoms with Crippen LogP contribution in [0.15, 0.2) is 41.8 Å². The van der Waals surface area contributed by atoms with E-state index < -0.39 is 0 Å². The van der Waals surface area contributed by atoms with E-state index in [0.717, 1.165) is 0 Å². The molecule has 0 spiro atoms. The lowest BCUT2D eigenvalue weighted by Gasteiger charge is -2.10. The predicted molar refractivity (Wildman–Crippen MR) is 78.1 cm³/mol. The molecule has 0 saturated carbocycles. The molecule has 2 rings (SSSR count). The van der Waals surface area contributed by atoms with Gasteiger partial charge in [0.05, 0.1) is 16.3 Å². The highest BCUT2D eigenvalue weighted by Gasteiger charge is 2.10. The van der Waals surface area contributed by atoms with Gasteiger partial charge in [-0.3, -0.25) is 9.59 Å². The fraction of sp³-hybridized carbons (Fsp3) is 0.0769. The number of halogens is 1. The lowest BCUT2D eigenvalue weighted by atomic mass is 10.2. The Hall–Kier alpha value is -1.85. The predicted octanol–water partition coefficient (Wildman–Crippen LogP) is 3.18. The highest BCUT2D eigenvalue weighted by atomic mass is 35.5. The Morgan fingerprint density at radius 1 is 1.05 bits per heavy atom. The van der Waals surface area contributed by atoms with Gasteiger partial charge >= 0.3 is 0 Å². The maximum atomic E-state index is 11.9. The minimum absolute atomic E-state index is 0.132. The molecule has 0 atom stereocenters. The molecule has 1 aromatic carbocycles. The fourth-order valence-electron chi connectivity index (χ4n) is 1.48. The minimum atomic E-state index is -0.320. The van der Waals surface area contributed by atoms with E-state index in [1.807, 2.05) is 5.38 Å². The van der Waals surface area contributed by atoms with Crippen LogP contribution in [0, 0.1) is 0 Å². The number of anilines is 2.